The minimum atomic E-state index is -0.0692. The summed E-state index contributed by atoms with van der Waals surface area (Å²) in [7, 11) is 0. The highest BCUT2D eigenvalue weighted by Gasteiger charge is 2.27. The zero-order valence-electron chi connectivity index (χ0n) is 23.2. The first kappa shape index (κ1) is 24.5. The molecular formula is C38H28N4. The van der Waals surface area contributed by atoms with Gasteiger partial charge in [0.15, 0.2) is 0 Å². The molecule has 42 heavy (non-hydrogen) atoms. The van der Waals surface area contributed by atoms with Crippen LogP contribution in [0.5, 0.6) is 0 Å². The molecule has 0 radical (unpaired) electrons. The first-order chi connectivity index (χ1) is 20.8. The van der Waals surface area contributed by atoms with E-state index in [1.54, 1.807) is 0 Å². The Morgan fingerprint density at radius 3 is 2.43 bits per heavy atom. The SMILES string of the molecule is N#CC1=CC=CCC1n1c2ccccc2c2cccc(-c3ccccc3-n3c4c(c5cc(C#N)ccc53)CCCC4)c21. The highest BCUT2D eigenvalue weighted by atomic mass is 15.0. The van der Waals surface area contributed by atoms with E-state index in [1.807, 2.05) is 18.2 Å². The third kappa shape index (κ3) is 3.52. The second-order valence-electron chi connectivity index (χ2n) is 11.3. The Bertz CT molecular complexity index is 2210. The quantitative estimate of drug-likeness (QED) is 0.225. The molecule has 0 saturated heterocycles. The number of nitrogens with zero attached hydrogens (tertiary/aromatic N) is 4. The average Bonchev–Trinajstić information content (AvgIpc) is 3.57. The summed E-state index contributed by atoms with van der Waals surface area (Å²) in [6.07, 6.45) is 11.3. The second kappa shape index (κ2) is 9.65. The fourth-order valence-electron chi connectivity index (χ4n) is 7.35. The maximum Gasteiger partial charge on any atom is 0.0991 e. The summed E-state index contributed by atoms with van der Waals surface area (Å²) >= 11 is 0. The summed E-state index contributed by atoms with van der Waals surface area (Å²) < 4.78 is 4.86. The van der Waals surface area contributed by atoms with Crippen LogP contribution in [0, 0.1) is 22.7 Å². The van der Waals surface area contributed by atoms with Crippen molar-refractivity contribution in [3.8, 4) is 29.0 Å². The standard InChI is InChI=1S/C38H28N4/c39-23-25-20-21-37-32(22-25)29-13-4-7-18-35(29)41(37)34-17-6-2-11-27(34)30-14-9-15-31-28-12-3-8-19-36(28)42(38(30)31)33-16-5-1-10-26(33)24-40/h1-3,5-6,8-12,14-15,17,19-22,33H,4,7,13,16,18H2. The summed E-state index contributed by atoms with van der Waals surface area (Å²) in [5, 5.41) is 23.4. The number of aromatic nitrogens is 2. The summed E-state index contributed by atoms with van der Waals surface area (Å²) in [5.41, 5.74) is 11.2. The fraction of sp³-hybridized carbons (Fsp3) is 0.158. The molecule has 1 unspecified atom stereocenters. The molecule has 4 nitrogen and oxygen atoms in total. The van der Waals surface area contributed by atoms with Gasteiger partial charge in [-0.05, 0) is 74.1 Å². The molecule has 200 valence electrons. The van der Waals surface area contributed by atoms with Crippen LogP contribution in [0.25, 0.3) is 49.5 Å². The normalized spacial score (nSPS) is 16.3. The van der Waals surface area contributed by atoms with Gasteiger partial charge >= 0.3 is 0 Å². The maximum atomic E-state index is 10.1. The van der Waals surface area contributed by atoms with Crippen molar-refractivity contribution in [1.29, 1.82) is 10.5 Å². The Kier molecular flexibility index (Phi) is 5.62. The molecule has 0 fully saturated rings. The van der Waals surface area contributed by atoms with Gasteiger partial charge in [-0.25, -0.2) is 0 Å². The molecule has 6 aromatic rings. The molecule has 0 N–H and O–H groups in total. The van der Waals surface area contributed by atoms with E-state index in [2.05, 4.69) is 106 Å². The van der Waals surface area contributed by atoms with Crippen molar-refractivity contribution in [2.75, 3.05) is 0 Å². The zero-order valence-corrected chi connectivity index (χ0v) is 23.2. The predicted molar refractivity (Wildman–Crippen MR) is 170 cm³/mol. The van der Waals surface area contributed by atoms with E-state index in [9.17, 15) is 10.5 Å². The van der Waals surface area contributed by atoms with Gasteiger partial charge in [-0.3, -0.25) is 0 Å². The monoisotopic (exact) mass is 540 g/mol. The zero-order chi connectivity index (χ0) is 28.2. The molecule has 2 aliphatic rings. The minimum Gasteiger partial charge on any atom is -0.331 e. The molecule has 0 amide bonds. The van der Waals surface area contributed by atoms with E-state index in [0.717, 1.165) is 58.2 Å². The van der Waals surface area contributed by atoms with E-state index >= 15 is 0 Å². The first-order valence-electron chi connectivity index (χ1n) is 14.7. The number of para-hydroxylation sites is 3. The highest BCUT2D eigenvalue weighted by molar-refractivity contribution is 6.13. The van der Waals surface area contributed by atoms with Crippen LogP contribution in [0.15, 0.2) is 109 Å². The van der Waals surface area contributed by atoms with Crippen molar-refractivity contribution >= 4 is 32.7 Å². The number of aryl methyl sites for hydroxylation is 1. The van der Waals surface area contributed by atoms with Crippen molar-refractivity contribution in [2.45, 2.75) is 38.1 Å². The van der Waals surface area contributed by atoms with Gasteiger partial charge in [0, 0.05) is 38.5 Å². The summed E-state index contributed by atoms with van der Waals surface area (Å²) in [5.74, 6) is 0. The van der Waals surface area contributed by atoms with Crippen LogP contribution in [0.1, 0.15) is 42.1 Å². The van der Waals surface area contributed by atoms with E-state index in [4.69, 9.17) is 0 Å². The minimum absolute atomic E-state index is 0.0692. The number of rotatable bonds is 3. The summed E-state index contributed by atoms with van der Waals surface area (Å²) in [4.78, 5) is 0. The van der Waals surface area contributed by atoms with Gasteiger partial charge in [0.25, 0.3) is 0 Å². The van der Waals surface area contributed by atoms with E-state index < -0.39 is 0 Å². The lowest BCUT2D eigenvalue weighted by molar-refractivity contribution is 0.626. The molecule has 0 spiro atoms. The van der Waals surface area contributed by atoms with E-state index in [1.165, 1.54) is 40.3 Å². The Morgan fingerprint density at radius 1 is 0.714 bits per heavy atom. The predicted octanol–water partition coefficient (Wildman–Crippen LogP) is 9.11. The number of nitriles is 2. The lowest BCUT2D eigenvalue weighted by Gasteiger charge is -2.24. The molecule has 1 atom stereocenters. The van der Waals surface area contributed by atoms with Crippen molar-refractivity contribution in [2.24, 2.45) is 0 Å². The van der Waals surface area contributed by atoms with Crippen molar-refractivity contribution in [3.63, 3.8) is 0 Å². The number of fused-ring (bicyclic) bond motifs is 6. The van der Waals surface area contributed by atoms with Crippen molar-refractivity contribution in [1.82, 2.24) is 9.13 Å². The van der Waals surface area contributed by atoms with Crippen molar-refractivity contribution in [3.05, 3.63) is 126 Å². The molecule has 4 aromatic carbocycles. The molecular weight excluding hydrogens is 512 g/mol. The van der Waals surface area contributed by atoms with Crippen LogP contribution in [0.3, 0.4) is 0 Å². The third-order valence-corrected chi connectivity index (χ3v) is 9.14. The Balaban J connectivity index is 1.46. The molecule has 0 aliphatic heterocycles. The lowest BCUT2D eigenvalue weighted by Crippen LogP contribution is -2.13. The number of benzene rings is 4. The van der Waals surface area contributed by atoms with Crippen LogP contribution < -0.4 is 0 Å². The largest absolute Gasteiger partial charge is 0.331 e. The molecule has 8 rings (SSSR count). The van der Waals surface area contributed by atoms with E-state index in [0.29, 0.717) is 5.56 Å². The number of allylic oxidation sites excluding steroid dienone is 4. The third-order valence-electron chi connectivity index (χ3n) is 9.14. The van der Waals surface area contributed by atoms with Crippen LogP contribution in [0.4, 0.5) is 0 Å². The Morgan fingerprint density at radius 2 is 1.52 bits per heavy atom. The van der Waals surface area contributed by atoms with Crippen LogP contribution in [-0.4, -0.2) is 9.13 Å². The molecule has 0 bridgehead atoms. The second-order valence-corrected chi connectivity index (χ2v) is 11.3. The maximum absolute atomic E-state index is 10.1. The fourth-order valence-corrected chi connectivity index (χ4v) is 7.35. The Hall–Kier alpha value is -5.32. The van der Waals surface area contributed by atoms with Gasteiger partial charge < -0.3 is 9.13 Å². The van der Waals surface area contributed by atoms with Gasteiger partial charge in [0.1, 0.15) is 0 Å². The summed E-state index contributed by atoms with van der Waals surface area (Å²) in [6.45, 7) is 0. The van der Waals surface area contributed by atoms with Crippen molar-refractivity contribution < 1.29 is 0 Å². The molecule has 2 aliphatic carbocycles. The highest BCUT2D eigenvalue weighted by Crippen LogP contribution is 2.44. The summed E-state index contributed by atoms with van der Waals surface area (Å²) in [6, 6.07) is 34.8. The topological polar surface area (TPSA) is 57.4 Å². The van der Waals surface area contributed by atoms with Gasteiger partial charge in [0.2, 0.25) is 0 Å². The molecule has 0 saturated carbocycles. The smallest absolute Gasteiger partial charge is 0.0991 e. The molecule has 4 heteroatoms. The average molecular weight is 541 g/mol. The van der Waals surface area contributed by atoms with Gasteiger partial charge in [-0.1, -0.05) is 66.7 Å². The molecule has 2 aromatic heterocycles. The number of hydrogen-bond donors (Lipinski definition) is 0. The Labute approximate surface area is 244 Å². The first-order valence-corrected chi connectivity index (χ1v) is 14.7. The van der Waals surface area contributed by atoms with Gasteiger partial charge in [0.05, 0.1) is 46.0 Å². The van der Waals surface area contributed by atoms with Gasteiger partial charge in [-0.15, -0.1) is 0 Å². The van der Waals surface area contributed by atoms with Crippen LogP contribution in [-0.2, 0) is 12.8 Å². The van der Waals surface area contributed by atoms with E-state index in [-0.39, 0.29) is 6.04 Å². The number of hydrogen-bond acceptors (Lipinski definition) is 2. The van der Waals surface area contributed by atoms with Crippen LogP contribution >= 0.6 is 0 Å². The van der Waals surface area contributed by atoms with Gasteiger partial charge in [-0.2, -0.15) is 10.5 Å². The van der Waals surface area contributed by atoms with Crippen LogP contribution in [0.2, 0.25) is 0 Å². The molecule has 2 heterocycles. The lowest BCUT2D eigenvalue weighted by atomic mass is 9.95.